The fourth-order valence-corrected chi connectivity index (χ4v) is 2.32. The fourth-order valence-electron chi connectivity index (χ4n) is 2.32. The molecule has 0 bridgehead atoms. The lowest BCUT2D eigenvalue weighted by atomic mass is 10.2. The van der Waals surface area contributed by atoms with Gasteiger partial charge in [0, 0.05) is 39.3 Å². The molecule has 0 spiro atoms. The molecule has 1 aliphatic heterocycles. The van der Waals surface area contributed by atoms with Crippen LogP contribution in [0.5, 0.6) is 0 Å². The monoisotopic (exact) mass is 261 g/mol. The molecule has 1 N–H and O–H groups in total. The van der Waals surface area contributed by atoms with E-state index in [-0.39, 0.29) is 5.82 Å². The highest BCUT2D eigenvalue weighted by Crippen LogP contribution is 2.19. The summed E-state index contributed by atoms with van der Waals surface area (Å²) in [6.45, 7) is 6.19. The number of hydrogen-bond acceptors (Lipinski definition) is 3. The van der Waals surface area contributed by atoms with Crippen molar-refractivity contribution in [2.45, 2.75) is 0 Å². The fraction of sp³-hybridized carbons (Fsp3) is 0.467. The van der Waals surface area contributed by atoms with E-state index in [0.717, 1.165) is 39.3 Å². The molecule has 1 saturated heterocycles. The van der Waals surface area contributed by atoms with Crippen LogP contribution >= 0.6 is 0 Å². The van der Waals surface area contributed by atoms with Gasteiger partial charge in [-0.05, 0) is 12.1 Å². The number of para-hydroxylation sites is 1. The van der Waals surface area contributed by atoms with Gasteiger partial charge in [0.15, 0.2) is 0 Å². The zero-order valence-electron chi connectivity index (χ0n) is 11.1. The molecule has 1 aromatic rings. The highest BCUT2D eigenvalue weighted by atomic mass is 19.1. The molecule has 102 valence electrons. The van der Waals surface area contributed by atoms with E-state index in [0.29, 0.717) is 12.2 Å². The van der Waals surface area contributed by atoms with Crippen LogP contribution in [0, 0.1) is 18.2 Å². The number of rotatable bonds is 5. The van der Waals surface area contributed by atoms with E-state index in [4.69, 9.17) is 6.42 Å². The molecule has 0 unspecified atom stereocenters. The lowest BCUT2D eigenvalue weighted by Crippen LogP contribution is -2.48. The number of benzene rings is 1. The first-order valence-corrected chi connectivity index (χ1v) is 6.67. The third-order valence-corrected chi connectivity index (χ3v) is 3.40. The maximum absolute atomic E-state index is 13.7. The van der Waals surface area contributed by atoms with Crippen molar-refractivity contribution in [1.82, 2.24) is 10.2 Å². The lowest BCUT2D eigenvalue weighted by molar-refractivity contribution is 0.258. The Hall–Kier alpha value is -1.57. The van der Waals surface area contributed by atoms with Crippen molar-refractivity contribution < 1.29 is 4.39 Å². The zero-order valence-corrected chi connectivity index (χ0v) is 11.1. The first-order chi connectivity index (χ1) is 9.31. The standard InChI is InChI=1S/C15H20FN3/c1-2-7-17-8-9-18-10-12-19(13-11-18)15-6-4-3-5-14(15)16/h1,3-6,17H,7-13H2. The summed E-state index contributed by atoms with van der Waals surface area (Å²) in [6.07, 6.45) is 5.18. The van der Waals surface area contributed by atoms with Gasteiger partial charge < -0.3 is 10.2 Å². The Bertz CT molecular complexity index is 433. The molecule has 1 fully saturated rings. The van der Waals surface area contributed by atoms with E-state index in [9.17, 15) is 4.39 Å². The van der Waals surface area contributed by atoms with Gasteiger partial charge in [-0.25, -0.2) is 4.39 Å². The van der Waals surface area contributed by atoms with Crippen molar-refractivity contribution in [3.05, 3.63) is 30.1 Å². The van der Waals surface area contributed by atoms with Crippen LogP contribution in [0.2, 0.25) is 0 Å². The lowest BCUT2D eigenvalue weighted by Gasteiger charge is -2.36. The maximum Gasteiger partial charge on any atom is 0.146 e. The summed E-state index contributed by atoms with van der Waals surface area (Å²) in [5.41, 5.74) is 0.715. The second-order valence-corrected chi connectivity index (χ2v) is 4.66. The number of piperazine rings is 1. The molecular weight excluding hydrogens is 241 g/mol. The van der Waals surface area contributed by atoms with Gasteiger partial charge in [-0.3, -0.25) is 4.90 Å². The molecule has 0 saturated carbocycles. The number of halogens is 1. The molecule has 19 heavy (non-hydrogen) atoms. The van der Waals surface area contributed by atoms with E-state index in [1.54, 1.807) is 6.07 Å². The summed E-state index contributed by atoms with van der Waals surface area (Å²) in [4.78, 5) is 4.49. The van der Waals surface area contributed by atoms with Gasteiger partial charge in [0.1, 0.15) is 5.82 Å². The van der Waals surface area contributed by atoms with Crippen LogP contribution in [0.4, 0.5) is 10.1 Å². The van der Waals surface area contributed by atoms with Crippen LogP contribution in [0.25, 0.3) is 0 Å². The summed E-state index contributed by atoms with van der Waals surface area (Å²) < 4.78 is 13.7. The first-order valence-electron chi connectivity index (χ1n) is 6.67. The number of anilines is 1. The van der Waals surface area contributed by atoms with Crippen LogP contribution in [0.3, 0.4) is 0 Å². The Morgan fingerprint density at radius 3 is 2.63 bits per heavy atom. The van der Waals surface area contributed by atoms with Gasteiger partial charge in [-0.2, -0.15) is 0 Å². The predicted octanol–water partition coefficient (Wildman–Crippen LogP) is 1.17. The van der Waals surface area contributed by atoms with Crippen LogP contribution < -0.4 is 10.2 Å². The molecule has 0 amide bonds. The highest BCUT2D eigenvalue weighted by Gasteiger charge is 2.18. The molecule has 0 radical (unpaired) electrons. The van der Waals surface area contributed by atoms with E-state index in [1.807, 2.05) is 12.1 Å². The molecule has 1 aromatic carbocycles. The first kappa shape index (κ1) is 13.9. The Morgan fingerprint density at radius 2 is 1.95 bits per heavy atom. The highest BCUT2D eigenvalue weighted by molar-refractivity contribution is 5.47. The topological polar surface area (TPSA) is 18.5 Å². The van der Waals surface area contributed by atoms with E-state index in [1.165, 1.54) is 6.07 Å². The normalized spacial score (nSPS) is 16.3. The molecule has 1 heterocycles. The van der Waals surface area contributed by atoms with Crippen molar-refractivity contribution in [2.24, 2.45) is 0 Å². The smallest absolute Gasteiger partial charge is 0.146 e. The quantitative estimate of drug-likeness (QED) is 0.634. The van der Waals surface area contributed by atoms with Crippen molar-refractivity contribution in [1.29, 1.82) is 0 Å². The zero-order chi connectivity index (χ0) is 13.5. The van der Waals surface area contributed by atoms with Crippen LogP contribution in [0.15, 0.2) is 24.3 Å². The molecular formula is C15H20FN3. The second-order valence-electron chi connectivity index (χ2n) is 4.66. The Morgan fingerprint density at radius 1 is 1.21 bits per heavy atom. The van der Waals surface area contributed by atoms with Crippen LogP contribution in [-0.2, 0) is 0 Å². The third-order valence-electron chi connectivity index (χ3n) is 3.40. The second kappa shape index (κ2) is 7.13. The largest absolute Gasteiger partial charge is 0.367 e. The third kappa shape index (κ3) is 3.95. The minimum absolute atomic E-state index is 0.133. The summed E-state index contributed by atoms with van der Waals surface area (Å²) in [7, 11) is 0. The van der Waals surface area contributed by atoms with Gasteiger partial charge in [-0.1, -0.05) is 18.1 Å². The Kier molecular flexibility index (Phi) is 5.20. The van der Waals surface area contributed by atoms with E-state index < -0.39 is 0 Å². The molecule has 4 heteroatoms. The average Bonchev–Trinajstić information content (AvgIpc) is 2.45. The molecule has 1 aliphatic rings. The number of hydrogen-bond donors (Lipinski definition) is 1. The van der Waals surface area contributed by atoms with Crippen LogP contribution in [0.1, 0.15) is 0 Å². The maximum atomic E-state index is 13.7. The van der Waals surface area contributed by atoms with Crippen molar-refractivity contribution >= 4 is 5.69 Å². The van der Waals surface area contributed by atoms with Gasteiger partial charge in [-0.15, -0.1) is 6.42 Å². The summed E-state index contributed by atoms with van der Waals surface area (Å²) in [5.74, 6) is 2.43. The van der Waals surface area contributed by atoms with Crippen molar-refractivity contribution in [2.75, 3.05) is 50.7 Å². The van der Waals surface area contributed by atoms with Gasteiger partial charge in [0.05, 0.1) is 12.2 Å². The predicted molar refractivity (Wildman–Crippen MR) is 76.8 cm³/mol. The van der Waals surface area contributed by atoms with E-state index in [2.05, 4.69) is 21.0 Å². The van der Waals surface area contributed by atoms with Gasteiger partial charge in [0.25, 0.3) is 0 Å². The molecule has 3 nitrogen and oxygen atoms in total. The van der Waals surface area contributed by atoms with Crippen molar-refractivity contribution in [3.63, 3.8) is 0 Å². The summed E-state index contributed by atoms with van der Waals surface area (Å²) in [5, 5.41) is 3.18. The summed E-state index contributed by atoms with van der Waals surface area (Å²) >= 11 is 0. The van der Waals surface area contributed by atoms with Crippen molar-refractivity contribution in [3.8, 4) is 12.3 Å². The minimum atomic E-state index is -0.133. The molecule has 2 rings (SSSR count). The number of terminal acetylenes is 1. The molecule has 0 aliphatic carbocycles. The Labute approximate surface area is 114 Å². The van der Waals surface area contributed by atoms with Crippen LogP contribution in [-0.4, -0.2) is 50.7 Å². The summed E-state index contributed by atoms with van der Waals surface area (Å²) in [6, 6.07) is 6.98. The minimum Gasteiger partial charge on any atom is -0.367 e. The SMILES string of the molecule is C#CCNCCN1CCN(c2ccccc2F)CC1. The average molecular weight is 261 g/mol. The molecule has 0 atom stereocenters. The number of nitrogens with one attached hydrogen (secondary N) is 1. The van der Waals surface area contributed by atoms with Gasteiger partial charge in [0.2, 0.25) is 0 Å². The molecule has 0 aromatic heterocycles. The Balaban J connectivity index is 1.77. The number of nitrogens with zero attached hydrogens (tertiary/aromatic N) is 2. The van der Waals surface area contributed by atoms with Gasteiger partial charge >= 0.3 is 0 Å². The van der Waals surface area contributed by atoms with E-state index >= 15 is 0 Å².